The summed E-state index contributed by atoms with van der Waals surface area (Å²) in [4.78, 5) is 11.1. The lowest BCUT2D eigenvalue weighted by molar-refractivity contribution is 0.112. The van der Waals surface area contributed by atoms with Gasteiger partial charge in [-0.15, -0.1) is 5.10 Å². The van der Waals surface area contributed by atoms with E-state index in [1.807, 2.05) is 29.8 Å². The van der Waals surface area contributed by atoms with Gasteiger partial charge in [0.25, 0.3) is 0 Å². The molecule has 1 heterocycles. The van der Waals surface area contributed by atoms with Crippen LogP contribution in [0, 0.1) is 6.92 Å². The summed E-state index contributed by atoms with van der Waals surface area (Å²) < 4.78 is 1.84. The lowest BCUT2D eigenvalue weighted by Gasteiger charge is -2.08. The predicted octanol–water partition coefficient (Wildman–Crippen LogP) is 2.48. The second-order valence-corrected chi connectivity index (χ2v) is 4.05. The fraction of sp³-hybridized carbons (Fsp3) is 0.308. The molecule has 0 saturated heterocycles. The van der Waals surface area contributed by atoms with E-state index >= 15 is 0 Å². The van der Waals surface area contributed by atoms with Gasteiger partial charge in [-0.1, -0.05) is 29.8 Å². The van der Waals surface area contributed by atoms with Gasteiger partial charge >= 0.3 is 0 Å². The molecule has 0 N–H and O–H groups in total. The van der Waals surface area contributed by atoms with Gasteiger partial charge in [0, 0.05) is 17.7 Å². The van der Waals surface area contributed by atoms with Crippen molar-refractivity contribution in [2.24, 2.45) is 0 Å². The van der Waals surface area contributed by atoms with Gasteiger partial charge in [-0.05, 0) is 19.4 Å². The van der Waals surface area contributed by atoms with Gasteiger partial charge in [0.1, 0.15) is 0 Å². The zero-order valence-corrected chi connectivity index (χ0v) is 10.1. The third-order valence-electron chi connectivity index (χ3n) is 2.66. The number of aromatic nitrogens is 3. The van der Waals surface area contributed by atoms with Crippen LogP contribution in [0.15, 0.2) is 24.4 Å². The average molecular weight is 229 g/mol. The van der Waals surface area contributed by atoms with Crippen molar-refractivity contribution < 1.29 is 4.79 Å². The monoisotopic (exact) mass is 229 g/mol. The molecule has 0 unspecified atom stereocenters. The first kappa shape index (κ1) is 11.5. The Labute approximate surface area is 100 Å². The Morgan fingerprint density at radius 1 is 1.41 bits per heavy atom. The summed E-state index contributed by atoms with van der Waals surface area (Å²) in [6, 6.07) is 5.76. The van der Waals surface area contributed by atoms with Gasteiger partial charge in [0.2, 0.25) is 0 Å². The standard InChI is InChI=1S/C13H15N3O/c1-3-6-16-13(8-14-15-16)12-7-10(2)4-5-11(12)9-17/h4-5,7-9H,3,6H2,1-2H3. The molecule has 0 atom stereocenters. The normalized spacial score (nSPS) is 10.5. The van der Waals surface area contributed by atoms with Crippen LogP contribution in [0.1, 0.15) is 29.3 Å². The molecule has 4 heteroatoms. The Hall–Kier alpha value is -1.97. The largest absolute Gasteiger partial charge is 0.298 e. The van der Waals surface area contributed by atoms with E-state index in [0.29, 0.717) is 5.56 Å². The van der Waals surface area contributed by atoms with E-state index in [-0.39, 0.29) is 0 Å². The Bertz CT molecular complexity index is 531. The maximum absolute atomic E-state index is 11.1. The average Bonchev–Trinajstić information content (AvgIpc) is 2.77. The number of carbonyl (C=O) groups excluding carboxylic acids is 1. The smallest absolute Gasteiger partial charge is 0.150 e. The molecule has 0 saturated carbocycles. The number of nitrogens with zero attached hydrogens (tertiary/aromatic N) is 3. The molecule has 1 aromatic heterocycles. The topological polar surface area (TPSA) is 47.8 Å². The zero-order chi connectivity index (χ0) is 12.3. The van der Waals surface area contributed by atoms with Crippen LogP contribution in [-0.4, -0.2) is 21.3 Å². The van der Waals surface area contributed by atoms with Crippen LogP contribution < -0.4 is 0 Å². The first-order chi connectivity index (χ1) is 8.26. The van der Waals surface area contributed by atoms with Gasteiger partial charge in [0.05, 0.1) is 11.9 Å². The Morgan fingerprint density at radius 2 is 2.24 bits per heavy atom. The third kappa shape index (κ3) is 2.25. The number of aldehydes is 1. The van der Waals surface area contributed by atoms with Gasteiger partial charge < -0.3 is 0 Å². The van der Waals surface area contributed by atoms with E-state index < -0.39 is 0 Å². The van der Waals surface area contributed by atoms with Crippen molar-refractivity contribution in [3.8, 4) is 11.3 Å². The Kier molecular flexibility index (Phi) is 3.32. The van der Waals surface area contributed by atoms with Crippen molar-refractivity contribution in [3.05, 3.63) is 35.5 Å². The fourth-order valence-electron chi connectivity index (χ4n) is 1.84. The Balaban J connectivity index is 2.54. The molecule has 1 aromatic carbocycles. The van der Waals surface area contributed by atoms with Crippen molar-refractivity contribution in [2.75, 3.05) is 0 Å². The van der Waals surface area contributed by atoms with E-state index in [2.05, 4.69) is 17.2 Å². The highest BCUT2D eigenvalue weighted by molar-refractivity contribution is 5.86. The first-order valence-corrected chi connectivity index (χ1v) is 5.71. The highest BCUT2D eigenvalue weighted by Gasteiger charge is 2.10. The van der Waals surface area contributed by atoms with Gasteiger partial charge in [-0.3, -0.25) is 4.79 Å². The third-order valence-corrected chi connectivity index (χ3v) is 2.66. The SMILES string of the molecule is CCCn1nncc1-c1cc(C)ccc1C=O. The van der Waals surface area contributed by atoms with Crippen molar-refractivity contribution in [2.45, 2.75) is 26.8 Å². The molecular weight excluding hydrogens is 214 g/mol. The summed E-state index contributed by atoms with van der Waals surface area (Å²) in [5.74, 6) is 0. The summed E-state index contributed by atoms with van der Waals surface area (Å²) >= 11 is 0. The van der Waals surface area contributed by atoms with Crippen LogP contribution in [0.4, 0.5) is 0 Å². The fourth-order valence-corrected chi connectivity index (χ4v) is 1.84. The molecule has 2 aromatic rings. The molecule has 0 aliphatic heterocycles. The summed E-state index contributed by atoms with van der Waals surface area (Å²) in [5.41, 5.74) is 3.60. The number of carbonyl (C=O) groups is 1. The van der Waals surface area contributed by atoms with Gasteiger partial charge in [0.15, 0.2) is 6.29 Å². The minimum absolute atomic E-state index is 0.676. The molecule has 0 fully saturated rings. The van der Waals surface area contributed by atoms with Crippen LogP contribution in [-0.2, 0) is 6.54 Å². The zero-order valence-electron chi connectivity index (χ0n) is 10.1. The lowest BCUT2D eigenvalue weighted by Crippen LogP contribution is -2.03. The molecule has 0 radical (unpaired) electrons. The second kappa shape index (κ2) is 4.91. The van der Waals surface area contributed by atoms with Gasteiger partial charge in [-0.2, -0.15) is 0 Å². The Morgan fingerprint density at radius 3 is 2.94 bits per heavy atom. The van der Waals surface area contributed by atoms with Crippen molar-refractivity contribution in [1.29, 1.82) is 0 Å². The van der Waals surface area contributed by atoms with Crippen molar-refractivity contribution in [1.82, 2.24) is 15.0 Å². The molecule has 17 heavy (non-hydrogen) atoms. The lowest BCUT2D eigenvalue weighted by atomic mass is 10.0. The van der Waals surface area contributed by atoms with Crippen LogP contribution in [0.3, 0.4) is 0 Å². The minimum atomic E-state index is 0.676. The number of hydrogen-bond acceptors (Lipinski definition) is 3. The van der Waals surface area contributed by atoms with E-state index in [1.165, 1.54) is 0 Å². The van der Waals surface area contributed by atoms with E-state index in [9.17, 15) is 4.79 Å². The summed E-state index contributed by atoms with van der Waals surface area (Å²) in [7, 11) is 0. The molecule has 0 aliphatic carbocycles. The summed E-state index contributed by atoms with van der Waals surface area (Å²) in [5, 5.41) is 7.96. The van der Waals surface area contributed by atoms with Crippen LogP contribution >= 0.6 is 0 Å². The first-order valence-electron chi connectivity index (χ1n) is 5.71. The highest BCUT2D eigenvalue weighted by atomic mass is 16.1. The molecular formula is C13H15N3O. The van der Waals surface area contributed by atoms with E-state index in [1.54, 1.807) is 6.20 Å². The molecule has 2 rings (SSSR count). The predicted molar refractivity (Wildman–Crippen MR) is 65.9 cm³/mol. The molecule has 0 spiro atoms. The van der Waals surface area contributed by atoms with E-state index in [0.717, 1.165) is 36.1 Å². The number of benzene rings is 1. The van der Waals surface area contributed by atoms with E-state index in [4.69, 9.17) is 0 Å². The van der Waals surface area contributed by atoms with Crippen molar-refractivity contribution in [3.63, 3.8) is 0 Å². The van der Waals surface area contributed by atoms with Crippen LogP contribution in [0.25, 0.3) is 11.3 Å². The minimum Gasteiger partial charge on any atom is -0.298 e. The van der Waals surface area contributed by atoms with Crippen LogP contribution in [0.5, 0.6) is 0 Å². The number of hydrogen-bond donors (Lipinski definition) is 0. The molecule has 0 bridgehead atoms. The maximum atomic E-state index is 11.1. The summed E-state index contributed by atoms with van der Waals surface area (Å²) in [6.07, 6.45) is 3.56. The van der Waals surface area contributed by atoms with Crippen molar-refractivity contribution >= 4 is 6.29 Å². The second-order valence-electron chi connectivity index (χ2n) is 4.05. The maximum Gasteiger partial charge on any atom is 0.150 e. The molecule has 0 amide bonds. The molecule has 0 aliphatic rings. The molecule has 88 valence electrons. The van der Waals surface area contributed by atoms with Crippen LogP contribution in [0.2, 0.25) is 0 Å². The molecule has 4 nitrogen and oxygen atoms in total. The number of aryl methyl sites for hydroxylation is 2. The van der Waals surface area contributed by atoms with Gasteiger partial charge in [-0.25, -0.2) is 4.68 Å². The highest BCUT2D eigenvalue weighted by Crippen LogP contribution is 2.23. The quantitative estimate of drug-likeness (QED) is 0.757. The summed E-state index contributed by atoms with van der Waals surface area (Å²) in [6.45, 7) is 4.90. The number of rotatable bonds is 4.